The number of halogens is 3. The van der Waals surface area contributed by atoms with Gasteiger partial charge in [-0.05, 0) is 56.0 Å². The van der Waals surface area contributed by atoms with Crippen molar-refractivity contribution in [3.63, 3.8) is 0 Å². The number of oxazole rings is 1. The van der Waals surface area contributed by atoms with Crippen LogP contribution in [0, 0.1) is 5.92 Å². The average molecular weight is 438 g/mol. The molecule has 4 rings (SSSR count). The first-order chi connectivity index (χ1) is 13.5. The van der Waals surface area contributed by atoms with Crippen LogP contribution in [-0.4, -0.2) is 16.8 Å². The highest BCUT2D eigenvalue weighted by Gasteiger charge is 2.26. The van der Waals surface area contributed by atoms with E-state index in [-0.39, 0.29) is 17.7 Å². The summed E-state index contributed by atoms with van der Waals surface area (Å²) in [6, 6.07) is 11.1. The molecule has 0 saturated heterocycles. The third-order valence-electron chi connectivity index (χ3n) is 5.21. The summed E-state index contributed by atoms with van der Waals surface area (Å²) >= 11 is 18.2. The molecule has 7 heteroatoms. The fourth-order valence-electron chi connectivity index (χ4n) is 3.75. The quantitative estimate of drug-likeness (QED) is 0.351. The van der Waals surface area contributed by atoms with E-state index in [9.17, 15) is 4.79 Å². The minimum atomic E-state index is -0.0343. The molecule has 4 nitrogen and oxygen atoms in total. The van der Waals surface area contributed by atoms with Gasteiger partial charge in [-0.2, -0.15) is 4.98 Å². The molecule has 1 saturated carbocycles. The number of hydrogen-bond donors (Lipinski definition) is 1. The van der Waals surface area contributed by atoms with Crippen molar-refractivity contribution in [2.45, 2.75) is 38.1 Å². The lowest BCUT2D eigenvalue weighted by atomic mass is 9.91. The second kappa shape index (κ2) is 8.32. The number of carbonyl (C=O) groups is 1. The third-order valence-corrected chi connectivity index (χ3v) is 6.00. The Balaban J connectivity index is 1.42. The number of fused-ring (bicyclic) bond motifs is 1. The number of ketones is 1. The summed E-state index contributed by atoms with van der Waals surface area (Å²) < 4.78 is 5.76. The number of aromatic nitrogens is 1. The van der Waals surface area contributed by atoms with Gasteiger partial charge in [0, 0.05) is 33.6 Å². The molecule has 2 atom stereocenters. The van der Waals surface area contributed by atoms with E-state index in [4.69, 9.17) is 39.2 Å². The van der Waals surface area contributed by atoms with Gasteiger partial charge in [-0.25, -0.2) is 0 Å². The first-order valence-electron chi connectivity index (χ1n) is 9.31. The van der Waals surface area contributed by atoms with E-state index in [1.807, 2.05) is 6.07 Å². The summed E-state index contributed by atoms with van der Waals surface area (Å²) in [6.45, 7) is 0. The Morgan fingerprint density at radius 2 is 1.79 bits per heavy atom. The Hall–Kier alpha value is -1.75. The van der Waals surface area contributed by atoms with Crippen LogP contribution >= 0.6 is 34.8 Å². The van der Waals surface area contributed by atoms with Crippen LogP contribution in [0.25, 0.3) is 11.1 Å². The molecule has 3 aromatic rings. The first-order valence-corrected chi connectivity index (χ1v) is 10.4. The molecule has 146 valence electrons. The van der Waals surface area contributed by atoms with Crippen molar-refractivity contribution in [2.24, 2.45) is 5.92 Å². The number of nitrogens with one attached hydrogen (secondary N) is 1. The Labute approximate surface area is 178 Å². The number of anilines is 1. The Kier molecular flexibility index (Phi) is 5.81. The molecule has 0 amide bonds. The van der Waals surface area contributed by atoms with Crippen LogP contribution in [0.5, 0.6) is 0 Å². The van der Waals surface area contributed by atoms with Crippen LogP contribution in [0.1, 0.15) is 42.5 Å². The highest BCUT2D eigenvalue weighted by atomic mass is 35.5. The molecule has 2 aromatic carbocycles. The summed E-state index contributed by atoms with van der Waals surface area (Å²) in [5, 5.41) is 4.94. The number of nitrogens with zero attached hydrogens (tertiary/aromatic N) is 1. The average Bonchev–Trinajstić information content (AvgIpc) is 2.89. The van der Waals surface area contributed by atoms with Crippen molar-refractivity contribution in [1.29, 1.82) is 0 Å². The van der Waals surface area contributed by atoms with Gasteiger partial charge in [-0.1, -0.05) is 41.2 Å². The van der Waals surface area contributed by atoms with Gasteiger partial charge in [0.05, 0.1) is 5.02 Å². The van der Waals surface area contributed by atoms with Gasteiger partial charge in [0.2, 0.25) is 0 Å². The molecule has 28 heavy (non-hydrogen) atoms. The molecule has 0 bridgehead atoms. The lowest BCUT2D eigenvalue weighted by Crippen LogP contribution is -2.19. The molecule has 1 N–H and O–H groups in total. The summed E-state index contributed by atoms with van der Waals surface area (Å²) in [5.41, 5.74) is 1.98. The van der Waals surface area contributed by atoms with Crippen LogP contribution < -0.4 is 5.32 Å². The van der Waals surface area contributed by atoms with Crippen LogP contribution in [-0.2, 0) is 0 Å². The van der Waals surface area contributed by atoms with Gasteiger partial charge in [-0.15, -0.1) is 0 Å². The summed E-state index contributed by atoms with van der Waals surface area (Å²) in [6.07, 6.45) is 4.41. The van der Waals surface area contributed by atoms with Crippen molar-refractivity contribution >= 4 is 57.7 Å². The molecule has 1 aromatic heterocycles. The zero-order valence-corrected chi connectivity index (χ0v) is 17.3. The van der Waals surface area contributed by atoms with Gasteiger partial charge in [0.1, 0.15) is 5.52 Å². The van der Waals surface area contributed by atoms with Gasteiger partial charge in [0.25, 0.3) is 6.01 Å². The molecular weight excluding hydrogens is 419 g/mol. The van der Waals surface area contributed by atoms with E-state index >= 15 is 0 Å². The van der Waals surface area contributed by atoms with Crippen LogP contribution in [0.4, 0.5) is 6.01 Å². The first kappa shape index (κ1) is 19.6. The molecule has 1 aliphatic rings. The fraction of sp³-hybridized carbons (Fsp3) is 0.333. The number of hydrogen-bond acceptors (Lipinski definition) is 4. The van der Waals surface area contributed by atoms with Crippen LogP contribution in [0.15, 0.2) is 40.8 Å². The number of Topliss-reactive ketones (excluding diaryl/α,β-unsaturated/α-hetero) is 1. The Morgan fingerprint density at radius 3 is 2.61 bits per heavy atom. The largest absolute Gasteiger partial charge is 0.423 e. The van der Waals surface area contributed by atoms with E-state index in [1.165, 1.54) is 0 Å². The van der Waals surface area contributed by atoms with Gasteiger partial charge < -0.3 is 9.73 Å². The van der Waals surface area contributed by atoms with Crippen molar-refractivity contribution in [2.75, 3.05) is 5.32 Å². The summed E-state index contributed by atoms with van der Waals surface area (Å²) in [5.74, 6) is 0.0618. The molecule has 0 radical (unpaired) electrons. The molecule has 1 aliphatic carbocycles. The molecule has 1 fully saturated rings. The Bertz CT molecular complexity index is 1020. The van der Waals surface area contributed by atoms with Crippen LogP contribution in [0.3, 0.4) is 0 Å². The normalized spacial score (nSPS) is 20.1. The van der Waals surface area contributed by atoms with E-state index in [2.05, 4.69) is 10.3 Å². The zero-order chi connectivity index (χ0) is 19.7. The SMILES string of the molecule is O=C(c1ccc(Cl)cc1Cl)C1CCC[C@H](Nc2nc3ccc(Cl)cc3o2)CC1. The fourth-order valence-corrected chi connectivity index (χ4v) is 4.42. The second-order valence-corrected chi connectivity index (χ2v) is 8.45. The molecule has 0 spiro atoms. The molecule has 1 unspecified atom stereocenters. The topological polar surface area (TPSA) is 55.1 Å². The van der Waals surface area contributed by atoms with Crippen molar-refractivity contribution in [3.05, 3.63) is 57.0 Å². The summed E-state index contributed by atoms with van der Waals surface area (Å²) in [7, 11) is 0. The molecule has 1 heterocycles. The minimum absolute atomic E-state index is 0.0343. The Morgan fingerprint density at radius 1 is 1.00 bits per heavy atom. The maximum absolute atomic E-state index is 12.9. The van der Waals surface area contributed by atoms with Gasteiger partial charge >= 0.3 is 0 Å². The monoisotopic (exact) mass is 436 g/mol. The number of carbonyl (C=O) groups excluding carboxylic acids is 1. The maximum atomic E-state index is 12.9. The predicted octanol–water partition coefficient (Wildman–Crippen LogP) is 7.03. The maximum Gasteiger partial charge on any atom is 0.295 e. The van der Waals surface area contributed by atoms with E-state index in [0.29, 0.717) is 32.2 Å². The summed E-state index contributed by atoms with van der Waals surface area (Å²) in [4.78, 5) is 17.4. The van der Waals surface area contributed by atoms with Crippen molar-refractivity contribution < 1.29 is 9.21 Å². The van der Waals surface area contributed by atoms with E-state index < -0.39 is 0 Å². The van der Waals surface area contributed by atoms with E-state index in [0.717, 1.165) is 37.6 Å². The van der Waals surface area contributed by atoms with E-state index in [1.54, 1.807) is 30.3 Å². The molecular formula is C21H19Cl3N2O2. The highest BCUT2D eigenvalue weighted by molar-refractivity contribution is 6.36. The number of rotatable bonds is 4. The minimum Gasteiger partial charge on any atom is -0.423 e. The lowest BCUT2D eigenvalue weighted by Gasteiger charge is -2.15. The lowest BCUT2D eigenvalue weighted by molar-refractivity contribution is 0.0908. The highest BCUT2D eigenvalue weighted by Crippen LogP contribution is 2.31. The standard InChI is InChI=1S/C21H19Cl3N2O2/c22-13-5-8-16(17(24)10-13)20(27)12-2-1-3-15(7-4-12)25-21-26-18-9-6-14(23)11-19(18)28-21/h5-6,8-12,15H,1-4,7H2,(H,25,26)/t12?,15-/m0/s1. The zero-order valence-electron chi connectivity index (χ0n) is 15.1. The van der Waals surface area contributed by atoms with Gasteiger partial charge in [-0.3, -0.25) is 4.79 Å². The third kappa shape index (κ3) is 4.29. The van der Waals surface area contributed by atoms with Crippen molar-refractivity contribution in [1.82, 2.24) is 4.98 Å². The van der Waals surface area contributed by atoms with Crippen LogP contribution in [0.2, 0.25) is 15.1 Å². The predicted molar refractivity (Wildman–Crippen MR) is 114 cm³/mol. The smallest absolute Gasteiger partial charge is 0.295 e. The van der Waals surface area contributed by atoms with Gasteiger partial charge in [0.15, 0.2) is 11.4 Å². The molecule has 0 aliphatic heterocycles. The van der Waals surface area contributed by atoms with Crippen molar-refractivity contribution in [3.8, 4) is 0 Å². The second-order valence-electron chi connectivity index (χ2n) is 7.17. The number of benzene rings is 2.